The molecule has 0 amide bonds. The fourth-order valence-electron chi connectivity index (χ4n) is 2.09. The first-order valence-electron chi connectivity index (χ1n) is 6.40. The van der Waals surface area contributed by atoms with Crippen molar-refractivity contribution in [1.29, 1.82) is 0 Å². The highest BCUT2D eigenvalue weighted by atomic mass is 16.4. The minimum Gasteiger partial charge on any atom is -0.481 e. The fourth-order valence-corrected chi connectivity index (χ4v) is 2.09. The molecular weight excluding hydrogens is 244 g/mol. The Bertz CT molecular complexity index is 539. The van der Waals surface area contributed by atoms with Gasteiger partial charge in [-0.3, -0.25) is 9.36 Å². The third kappa shape index (κ3) is 4.19. The van der Waals surface area contributed by atoms with Crippen molar-refractivity contribution in [1.82, 2.24) is 9.55 Å². The maximum absolute atomic E-state index is 12.0. The van der Waals surface area contributed by atoms with Gasteiger partial charge in [-0.1, -0.05) is 20.8 Å². The molecule has 0 unspecified atom stereocenters. The van der Waals surface area contributed by atoms with Crippen molar-refractivity contribution in [2.45, 2.75) is 54.0 Å². The summed E-state index contributed by atoms with van der Waals surface area (Å²) >= 11 is 0. The Labute approximate surface area is 113 Å². The van der Waals surface area contributed by atoms with E-state index in [9.17, 15) is 9.59 Å². The lowest BCUT2D eigenvalue weighted by atomic mass is 9.96. The van der Waals surface area contributed by atoms with Crippen LogP contribution in [0.2, 0.25) is 0 Å². The van der Waals surface area contributed by atoms with Crippen LogP contribution in [0.15, 0.2) is 4.79 Å². The van der Waals surface area contributed by atoms with Crippen LogP contribution in [0, 0.1) is 19.3 Å². The minimum atomic E-state index is -0.840. The van der Waals surface area contributed by atoms with Crippen molar-refractivity contribution in [3.8, 4) is 0 Å². The van der Waals surface area contributed by atoms with E-state index in [1.54, 1.807) is 11.5 Å². The Hall–Kier alpha value is -1.65. The Kier molecular flexibility index (Phi) is 4.50. The molecule has 0 atom stereocenters. The predicted molar refractivity (Wildman–Crippen MR) is 73.4 cm³/mol. The zero-order valence-corrected chi connectivity index (χ0v) is 12.3. The molecule has 0 saturated carbocycles. The van der Waals surface area contributed by atoms with Gasteiger partial charge in [0.25, 0.3) is 0 Å². The lowest BCUT2D eigenvalue weighted by Gasteiger charge is -2.23. The molecule has 1 rings (SSSR count). The highest BCUT2D eigenvalue weighted by Crippen LogP contribution is 2.19. The molecule has 19 heavy (non-hydrogen) atoms. The van der Waals surface area contributed by atoms with Crippen LogP contribution in [-0.4, -0.2) is 20.6 Å². The second-order valence-corrected chi connectivity index (χ2v) is 6.08. The molecule has 0 bridgehead atoms. The van der Waals surface area contributed by atoms with Crippen LogP contribution >= 0.6 is 0 Å². The molecule has 0 aromatic carbocycles. The summed E-state index contributed by atoms with van der Waals surface area (Å²) in [4.78, 5) is 26.7. The van der Waals surface area contributed by atoms with Crippen LogP contribution in [0.1, 0.15) is 44.1 Å². The van der Waals surface area contributed by atoms with Crippen LogP contribution in [0.4, 0.5) is 0 Å². The van der Waals surface area contributed by atoms with E-state index in [1.807, 2.05) is 6.92 Å². The summed E-state index contributed by atoms with van der Waals surface area (Å²) in [7, 11) is 0. The molecule has 1 aromatic rings. The topological polar surface area (TPSA) is 72.2 Å². The number of aryl methyl sites for hydroxylation is 1. The van der Waals surface area contributed by atoms with Gasteiger partial charge in [0.1, 0.15) is 0 Å². The standard InChI is InChI=1S/C14H22N2O3/c1-9-11(6-7-12(17)18)10(2)16(13(19)15-9)8-14(3,4)5/h6-8H2,1-5H3,(H,17,18). The van der Waals surface area contributed by atoms with Gasteiger partial charge in [-0.05, 0) is 31.2 Å². The van der Waals surface area contributed by atoms with E-state index < -0.39 is 5.97 Å². The zero-order chi connectivity index (χ0) is 14.8. The maximum atomic E-state index is 12.0. The monoisotopic (exact) mass is 266 g/mol. The molecule has 1 N–H and O–H groups in total. The van der Waals surface area contributed by atoms with E-state index >= 15 is 0 Å². The molecular formula is C14H22N2O3. The lowest BCUT2D eigenvalue weighted by Crippen LogP contribution is -2.32. The number of hydrogen-bond donors (Lipinski definition) is 1. The fraction of sp³-hybridized carbons (Fsp3) is 0.643. The number of carboxylic acids is 1. The van der Waals surface area contributed by atoms with Crippen LogP contribution in [0.5, 0.6) is 0 Å². The first-order valence-corrected chi connectivity index (χ1v) is 6.40. The number of rotatable bonds is 4. The molecule has 0 aliphatic rings. The van der Waals surface area contributed by atoms with Crippen molar-refractivity contribution >= 4 is 5.97 Å². The van der Waals surface area contributed by atoms with Crippen molar-refractivity contribution in [2.24, 2.45) is 5.41 Å². The molecule has 0 fully saturated rings. The molecule has 1 aromatic heterocycles. The normalized spacial score (nSPS) is 11.6. The summed E-state index contributed by atoms with van der Waals surface area (Å²) < 4.78 is 1.64. The highest BCUT2D eigenvalue weighted by Gasteiger charge is 2.17. The average molecular weight is 266 g/mol. The molecule has 0 aliphatic carbocycles. The van der Waals surface area contributed by atoms with E-state index in [-0.39, 0.29) is 17.5 Å². The second-order valence-electron chi connectivity index (χ2n) is 6.08. The summed E-state index contributed by atoms with van der Waals surface area (Å²) in [5.41, 5.74) is 2.04. The van der Waals surface area contributed by atoms with Crippen LogP contribution in [0.3, 0.4) is 0 Å². The number of hydrogen-bond acceptors (Lipinski definition) is 3. The van der Waals surface area contributed by atoms with Crippen molar-refractivity contribution in [3.63, 3.8) is 0 Å². The maximum Gasteiger partial charge on any atom is 0.347 e. The van der Waals surface area contributed by atoms with Gasteiger partial charge in [-0.15, -0.1) is 0 Å². The summed E-state index contributed by atoms with van der Waals surface area (Å²) in [6, 6.07) is 0. The molecule has 0 spiro atoms. The predicted octanol–water partition coefficient (Wildman–Crippen LogP) is 1.92. The van der Waals surface area contributed by atoms with Gasteiger partial charge >= 0.3 is 11.7 Å². The smallest absolute Gasteiger partial charge is 0.347 e. The van der Waals surface area contributed by atoms with Gasteiger partial charge < -0.3 is 5.11 Å². The summed E-state index contributed by atoms with van der Waals surface area (Å²) in [6.07, 6.45) is 0.460. The zero-order valence-electron chi connectivity index (χ0n) is 12.3. The summed E-state index contributed by atoms with van der Waals surface area (Å²) in [5, 5.41) is 8.78. The average Bonchev–Trinajstić information content (AvgIpc) is 2.22. The molecule has 1 heterocycles. The largest absolute Gasteiger partial charge is 0.481 e. The lowest BCUT2D eigenvalue weighted by molar-refractivity contribution is -0.136. The van der Waals surface area contributed by atoms with Gasteiger partial charge in [0.2, 0.25) is 0 Å². The molecule has 5 heteroatoms. The Morgan fingerprint density at radius 2 is 1.89 bits per heavy atom. The molecule has 0 saturated heterocycles. The van der Waals surface area contributed by atoms with Crippen molar-refractivity contribution in [2.75, 3.05) is 0 Å². The number of aromatic nitrogens is 2. The Balaban J connectivity index is 3.22. The second kappa shape index (κ2) is 5.55. The highest BCUT2D eigenvalue weighted by molar-refractivity contribution is 5.67. The Morgan fingerprint density at radius 1 is 1.32 bits per heavy atom. The quantitative estimate of drug-likeness (QED) is 0.903. The molecule has 5 nitrogen and oxygen atoms in total. The summed E-state index contributed by atoms with van der Waals surface area (Å²) in [6.45, 7) is 10.3. The van der Waals surface area contributed by atoms with Crippen LogP contribution in [0.25, 0.3) is 0 Å². The van der Waals surface area contributed by atoms with Crippen LogP contribution < -0.4 is 5.69 Å². The number of carbonyl (C=O) groups is 1. The van der Waals surface area contributed by atoms with Gasteiger partial charge in [0.05, 0.1) is 0 Å². The van der Waals surface area contributed by atoms with Gasteiger partial charge in [0.15, 0.2) is 0 Å². The van der Waals surface area contributed by atoms with E-state index in [0.717, 1.165) is 11.3 Å². The number of nitrogens with zero attached hydrogens (tertiary/aromatic N) is 2. The Morgan fingerprint density at radius 3 is 2.37 bits per heavy atom. The van der Waals surface area contributed by atoms with Crippen molar-refractivity contribution < 1.29 is 9.90 Å². The molecule has 0 radical (unpaired) electrons. The molecule has 0 aliphatic heterocycles. The van der Waals surface area contributed by atoms with Crippen molar-refractivity contribution in [3.05, 3.63) is 27.4 Å². The first-order chi connectivity index (χ1) is 8.61. The van der Waals surface area contributed by atoms with Crippen LogP contribution in [-0.2, 0) is 17.8 Å². The SMILES string of the molecule is Cc1nc(=O)n(CC(C)(C)C)c(C)c1CCC(=O)O. The van der Waals surface area contributed by atoms with E-state index in [2.05, 4.69) is 25.8 Å². The number of carboxylic acid groups (broad SMARTS) is 1. The van der Waals surface area contributed by atoms with E-state index in [0.29, 0.717) is 18.7 Å². The van der Waals surface area contributed by atoms with E-state index in [1.165, 1.54) is 0 Å². The summed E-state index contributed by atoms with van der Waals surface area (Å²) in [5.74, 6) is -0.840. The molecule has 106 valence electrons. The third-order valence-electron chi connectivity index (χ3n) is 2.99. The minimum absolute atomic E-state index is 0.0322. The van der Waals surface area contributed by atoms with E-state index in [4.69, 9.17) is 5.11 Å². The third-order valence-corrected chi connectivity index (χ3v) is 2.99. The van der Waals surface area contributed by atoms with Gasteiger partial charge in [0, 0.05) is 24.4 Å². The first kappa shape index (κ1) is 15.4. The number of aliphatic carboxylic acids is 1. The van der Waals surface area contributed by atoms with Gasteiger partial charge in [-0.2, -0.15) is 4.98 Å². The van der Waals surface area contributed by atoms with Gasteiger partial charge in [-0.25, -0.2) is 4.79 Å².